The molecule has 0 amide bonds. The smallest absolute Gasteiger partial charge is 0.330 e. The zero-order chi connectivity index (χ0) is 20.9. The van der Waals surface area contributed by atoms with E-state index in [0.29, 0.717) is 18.4 Å². The highest BCUT2D eigenvalue weighted by molar-refractivity contribution is 5.87. The lowest BCUT2D eigenvalue weighted by Gasteiger charge is -2.13. The second-order valence-electron chi connectivity index (χ2n) is 5.40. The van der Waals surface area contributed by atoms with Crippen molar-refractivity contribution >= 4 is 12.0 Å². The minimum atomic E-state index is -1.08. The molecule has 0 aliphatic carbocycles. The third-order valence-electron chi connectivity index (χ3n) is 3.38. The fourth-order valence-corrected chi connectivity index (χ4v) is 2.09. The molecule has 12 nitrogen and oxygen atoms in total. The molecule has 154 valence electrons. The first kappa shape index (κ1) is 22.5. The maximum Gasteiger partial charge on any atom is 0.330 e. The molecule has 0 radical (unpaired) electrons. The Hall–Kier alpha value is -3.57. The molecule has 28 heavy (non-hydrogen) atoms. The molecule has 0 aliphatic heterocycles. The van der Waals surface area contributed by atoms with Crippen molar-refractivity contribution in [3.05, 3.63) is 50.1 Å². The predicted molar refractivity (Wildman–Crippen MR) is 93.3 cm³/mol. The number of phenols is 1. The van der Waals surface area contributed by atoms with Crippen LogP contribution >= 0.6 is 0 Å². The van der Waals surface area contributed by atoms with Gasteiger partial charge in [0.2, 0.25) is 0 Å². The third-order valence-corrected chi connectivity index (χ3v) is 3.38. The standard InChI is InChI=1S/C16H20N2O10/c1-25-15-10-12(5-7-14(15)19)6-8-16(20)26-9-3-2-4-13(28-18(23)24)11-27-17(21)22/h5-8,10,13,19H,2-4,9,11H2,1H3. The van der Waals surface area contributed by atoms with Crippen LogP contribution < -0.4 is 4.74 Å². The number of unbranched alkanes of at least 4 members (excludes halogenated alkanes) is 1. The maximum absolute atomic E-state index is 11.7. The molecule has 1 unspecified atom stereocenters. The molecular formula is C16H20N2O10. The SMILES string of the molecule is COc1cc(C=CC(=O)OCCCCC(CO[N+](=O)[O-])O[N+](=O)[O-])ccc1O. The number of aromatic hydroxyl groups is 1. The van der Waals surface area contributed by atoms with Crippen molar-refractivity contribution in [2.75, 3.05) is 20.3 Å². The van der Waals surface area contributed by atoms with E-state index in [9.17, 15) is 30.1 Å². The molecule has 0 aromatic heterocycles. The summed E-state index contributed by atoms with van der Waals surface area (Å²) in [5.41, 5.74) is 0.622. The van der Waals surface area contributed by atoms with Crippen molar-refractivity contribution in [1.82, 2.24) is 0 Å². The van der Waals surface area contributed by atoms with E-state index in [1.807, 2.05) is 0 Å². The fraction of sp³-hybridized carbons (Fsp3) is 0.438. The highest BCUT2D eigenvalue weighted by Gasteiger charge is 2.15. The quantitative estimate of drug-likeness (QED) is 0.170. The number of carbonyl (C=O) groups excluding carboxylic acids is 1. The fourth-order valence-electron chi connectivity index (χ4n) is 2.09. The van der Waals surface area contributed by atoms with Gasteiger partial charge in [0.05, 0.1) is 13.7 Å². The number of methoxy groups -OCH3 is 1. The number of hydrogen-bond acceptors (Lipinski definition) is 10. The Balaban J connectivity index is 2.33. The topological polar surface area (TPSA) is 160 Å². The van der Waals surface area contributed by atoms with Crippen LogP contribution in [0.4, 0.5) is 0 Å². The molecule has 0 fully saturated rings. The third kappa shape index (κ3) is 9.22. The van der Waals surface area contributed by atoms with Gasteiger partial charge < -0.3 is 24.3 Å². The predicted octanol–water partition coefficient (Wildman–Crippen LogP) is 1.91. The Kier molecular flexibility index (Phi) is 9.58. The molecule has 0 saturated carbocycles. The summed E-state index contributed by atoms with van der Waals surface area (Å²) >= 11 is 0. The van der Waals surface area contributed by atoms with Crippen LogP contribution in [0.5, 0.6) is 11.5 Å². The summed E-state index contributed by atoms with van der Waals surface area (Å²) in [4.78, 5) is 40.5. The molecule has 0 spiro atoms. The second kappa shape index (κ2) is 11.9. The van der Waals surface area contributed by atoms with E-state index >= 15 is 0 Å². The number of phenolic OH excluding ortho intramolecular Hbond substituents is 1. The van der Waals surface area contributed by atoms with Crippen molar-refractivity contribution in [1.29, 1.82) is 0 Å². The van der Waals surface area contributed by atoms with Gasteiger partial charge in [-0.25, -0.2) is 4.79 Å². The van der Waals surface area contributed by atoms with Gasteiger partial charge >= 0.3 is 5.97 Å². The molecule has 0 saturated heterocycles. The summed E-state index contributed by atoms with van der Waals surface area (Å²) in [7, 11) is 1.40. The van der Waals surface area contributed by atoms with E-state index in [-0.39, 0.29) is 24.5 Å². The van der Waals surface area contributed by atoms with Crippen LogP contribution in [0, 0.1) is 20.2 Å². The maximum atomic E-state index is 11.7. The monoisotopic (exact) mass is 400 g/mol. The van der Waals surface area contributed by atoms with E-state index < -0.39 is 28.9 Å². The number of hydrogen-bond donors (Lipinski definition) is 1. The van der Waals surface area contributed by atoms with E-state index in [2.05, 4.69) is 9.68 Å². The first-order chi connectivity index (χ1) is 13.3. The van der Waals surface area contributed by atoms with Crippen LogP contribution in [0.15, 0.2) is 24.3 Å². The lowest BCUT2D eigenvalue weighted by molar-refractivity contribution is -0.790. The average molecular weight is 400 g/mol. The van der Waals surface area contributed by atoms with Gasteiger partial charge in [0.15, 0.2) is 11.5 Å². The van der Waals surface area contributed by atoms with Crippen LogP contribution in [0.3, 0.4) is 0 Å². The summed E-state index contributed by atoms with van der Waals surface area (Å²) in [6.07, 6.45) is 2.47. The normalized spacial score (nSPS) is 11.6. The summed E-state index contributed by atoms with van der Waals surface area (Å²) in [5.74, 6) is -0.352. The molecule has 1 rings (SSSR count). The highest BCUT2D eigenvalue weighted by Crippen LogP contribution is 2.26. The van der Waals surface area contributed by atoms with Crippen molar-refractivity contribution in [2.24, 2.45) is 0 Å². The first-order valence-corrected chi connectivity index (χ1v) is 8.12. The highest BCUT2D eigenvalue weighted by atomic mass is 17.0. The summed E-state index contributed by atoms with van der Waals surface area (Å²) in [5, 5.41) is 27.9. The molecule has 0 aliphatic rings. The van der Waals surface area contributed by atoms with Crippen molar-refractivity contribution in [3.63, 3.8) is 0 Å². The zero-order valence-corrected chi connectivity index (χ0v) is 15.0. The van der Waals surface area contributed by atoms with E-state index in [1.165, 1.54) is 25.3 Å². The molecule has 1 aromatic rings. The van der Waals surface area contributed by atoms with Crippen molar-refractivity contribution < 1.29 is 39.2 Å². The van der Waals surface area contributed by atoms with Crippen LogP contribution in [0.2, 0.25) is 0 Å². The zero-order valence-electron chi connectivity index (χ0n) is 15.0. The summed E-state index contributed by atoms with van der Waals surface area (Å²) in [6, 6.07) is 4.56. The Labute approximate surface area is 159 Å². The summed E-state index contributed by atoms with van der Waals surface area (Å²) < 4.78 is 9.94. The molecule has 0 bridgehead atoms. The molecule has 1 aromatic carbocycles. The second-order valence-corrected chi connectivity index (χ2v) is 5.40. The molecule has 1 N–H and O–H groups in total. The van der Waals surface area contributed by atoms with Crippen molar-refractivity contribution in [3.8, 4) is 11.5 Å². The van der Waals surface area contributed by atoms with Crippen LogP contribution in [-0.2, 0) is 19.2 Å². The number of rotatable bonds is 13. The minimum absolute atomic E-state index is 0.0230. The molecule has 0 heterocycles. The first-order valence-electron chi connectivity index (χ1n) is 8.12. The molecular weight excluding hydrogens is 380 g/mol. The van der Waals surface area contributed by atoms with Gasteiger partial charge in [-0.2, -0.15) is 0 Å². The number of nitrogens with zero attached hydrogens (tertiary/aromatic N) is 2. The Morgan fingerprint density at radius 3 is 2.64 bits per heavy atom. The van der Waals surface area contributed by atoms with Crippen molar-refractivity contribution in [2.45, 2.75) is 25.4 Å². The Morgan fingerprint density at radius 2 is 2.00 bits per heavy atom. The van der Waals surface area contributed by atoms with Gasteiger partial charge in [0, 0.05) is 6.08 Å². The minimum Gasteiger partial charge on any atom is -0.504 e. The lowest BCUT2D eigenvalue weighted by Crippen LogP contribution is -2.24. The Bertz CT molecular complexity index is 707. The average Bonchev–Trinajstić information content (AvgIpc) is 2.64. The summed E-state index contributed by atoms with van der Waals surface area (Å²) in [6.45, 7) is -0.504. The van der Waals surface area contributed by atoms with Gasteiger partial charge in [-0.15, -0.1) is 20.2 Å². The van der Waals surface area contributed by atoms with Gasteiger partial charge in [0.1, 0.15) is 12.7 Å². The Morgan fingerprint density at radius 1 is 1.25 bits per heavy atom. The van der Waals surface area contributed by atoms with E-state index in [0.717, 1.165) is 0 Å². The van der Waals surface area contributed by atoms with Gasteiger partial charge in [0.25, 0.3) is 10.2 Å². The van der Waals surface area contributed by atoms with Crippen LogP contribution in [-0.4, -0.2) is 47.7 Å². The van der Waals surface area contributed by atoms with Crippen LogP contribution in [0.25, 0.3) is 6.08 Å². The molecule has 12 heteroatoms. The molecule has 1 atom stereocenters. The van der Waals surface area contributed by atoms with Gasteiger partial charge in [-0.1, -0.05) is 6.07 Å². The van der Waals surface area contributed by atoms with Crippen LogP contribution in [0.1, 0.15) is 24.8 Å². The van der Waals surface area contributed by atoms with Gasteiger partial charge in [-0.3, -0.25) is 0 Å². The number of benzene rings is 1. The number of ether oxygens (including phenoxy) is 2. The number of esters is 1. The van der Waals surface area contributed by atoms with E-state index in [4.69, 9.17) is 9.47 Å². The van der Waals surface area contributed by atoms with Gasteiger partial charge in [-0.05, 0) is 43.0 Å². The van der Waals surface area contributed by atoms with E-state index in [1.54, 1.807) is 12.1 Å². The largest absolute Gasteiger partial charge is 0.504 e. The number of carbonyl (C=O) groups is 1. The lowest BCUT2D eigenvalue weighted by atomic mass is 10.1.